The van der Waals surface area contributed by atoms with Crippen molar-refractivity contribution in [3.63, 3.8) is 0 Å². The molecule has 2 aliphatic rings. The van der Waals surface area contributed by atoms with Crippen LogP contribution >= 0.6 is 0 Å². The van der Waals surface area contributed by atoms with Crippen LogP contribution in [0.25, 0.3) is 22.4 Å². The Kier molecular flexibility index (Phi) is 7.36. The van der Waals surface area contributed by atoms with Gasteiger partial charge >= 0.3 is 0 Å². The minimum absolute atomic E-state index is 0.346. The molecule has 2 aromatic carbocycles. The van der Waals surface area contributed by atoms with Gasteiger partial charge in [-0.2, -0.15) is 5.10 Å². The topological polar surface area (TPSA) is 109 Å². The summed E-state index contributed by atoms with van der Waals surface area (Å²) in [5, 5.41) is 11.0. The second-order valence-corrected chi connectivity index (χ2v) is 10.6. The zero-order valence-electron chi connectivity index (χ0n) is 23.9. The molecule has 216 valence electrons. The highest BCUT2D eigenvalue weighted by Gasteiger charge is 2.29. The molecule has 10 nitrogen and oxygen atoms in total. The van der Waals surface area contributed by atoms with E-state index >= 15 is 0 Å². The van der Waals surface area contributed by atoms with Crippen molar-refractivity contribution in [1.29, 1.82) is 0 Å². The molecule has 0 aliphatic carbocycles. The Balaban J connectivity index is 1.35. The first-order chi connectivity index (χ1) is 20.3. The Morgan fingerprint density at radius 2 is 1.86 bits per heavy atom. The number of likely N-dealkylation sites (N-methyl/N-ethyl adjacent to an activating group) is 1. The normalized spacial score (nSPS) is 18.9. The Morgan fingerprint density at radius 1 is 1.05 bits per heavy atom. The van der Waals surface area contributed by atoms with Crippen molar-refractivity contribution in [3.8, 4) is 28.1 Å². The summed E-state index contributed by atoms with van der Waals surface area (Å²) in [4.78, 5) is 13.6. The summed E-state index contributed by atoms with van der Waals surface area (Å²) < 4.78 is 22.1. The van der Waals surface area contributed by atoms with Gasteiger partial charge in [-0.15, -0.1) is 0 Å². The molecule has 0 radical (unpaired) electrons. The molecule has 42 heavy (non-hydrogen) atoms. The van der Waals surface area contributed by atoms with E-state index in [1.54, 1.807) is 60.7 Å². The maximum absolute atomic E-state index is 14.5. The third kappa shape index (κ3) is 5.44. The minimum Gasteiger partial charge on any atom is -0.494 e. The average molecular weight is 568 g/mol. The molecule has 4 heterocycles. The molecule has 4 N–H and O–H groups in total. The number of nitrogens with one attached hydrogen (secondary N) is 2. The summed E-state index contributed by atoms with van der Waals surface area (Å²) in [5.74, 6) is 0.865. The molecule has 0 saturated carbocycles. The first-order valence-corrected chi connectivity index (χ1v) is 13.8. The molecule has 4 aromatic rings. The van der Waals surface area contributed by atoms with Crippen LogP contribution in [0.4, 0.5) is 15.8 Å². The van der Waals surface area contributed by atoms with Crippen molar-refractivity contribution < 1.29 is 9.13 Å². The van der Waals surface area contributed by atoms with Gasteiger partial charge in [0.1, 0.15) is 23.1 Å². The quantitative estimate of drug-likeness (QED) is 0.310. The number of aromatic nitrogens is 3. The van der Waals surface area contributed by atoms with Gasteiger partial charge in [0.2, 0.25) is 0 Å². The number of anilines is 2. The molecule has 1 saturated heterocycles. The number of rotatable bonds is 7. The van der Waals surface area contributed by atoms with Crippen LogP contribution in [0.2, 0.25) is 0 Å². The molecular weight excluding hydrogens is 533 g/mol. The molecule has 2 aromatic heterocycles. The van der Waals surface area contributed by atoms with Gasteiger partial charge in [-0.1, -0.05) is 12.1 Å². The molecule has 0 spiro atoms. The first-order valence-electron chi connectivity index (χ1n) is 13.8. The maximum Gasteiger partial charge on any atom is 0.144 e. The Morgan fingerprint density at radius 3 is 2.60 bits per heavy atom. The summed E-state index contributed by atoms with van der Waals surface area (Å²) in [6.45, 7) is 3.79. The van der Waals surface area contributed by atoms with E-state index in [-0.39, 0.29) is 5.82 Å². The standard InChI is InChI=1S/C31H34FN9O/c1-39-10-12-41(13-11-39)28-16-29(42-3)27(15-24(28)21-18-37-40(2)19-21)38-30-17-31(33,36-20-35-30)22-8-9-34-26(14-22)23-6-4-5-7-25(23)32/h4-9,14-20,38H,10-13,33H2,1-3H3,(H,35,36). The number of nitrogens with two attached hydrogens (primary N) is 1. The van der Waals surface area contributed by atoms with Crippen LogP contribution in [-0.4, -0.2) is 66.3 Å². The van der Waals surface area contributed by atoms with Crippen LogP contribution < -0.4 is 26.0 Å². The van der Waals surface area contributed by atoms with Crippen molar-refractivity contribution in [3.05, 3.63) is 90.4 Å². The number of aryl methyl sites for hydroxylation is 1. The number of benzene rings is 2. The number of halogens is 1. The predicted molar refractivity (Wildman–Crippen MR) is 164 cm³/mol. The smallest absolute Gasteiger partial charge is 0.144 e. The fraction of sp³-hybridized carbons (Fsp3) is 0.258. The number of piperazine rings is 1. The Labute approximate surface area is 244 Å². The second kappa shape index (κ2) is 11.3. The van der Waals surface area contributed by atoms with Crippen LogP contribution in [0, 0.1) is 5.82 Å². The van der Waals surface area contributed by atoms with Gasteiger partial charge in [0.15, 0.2) is 0 Å². The van der Waals surface area contributed by atoms with Crippen molar-refractivity contribution in [1.82, 2.24) is 25.0 Å². The molecule has 0 bridgehead atoms. The van der Waals surface area contributed by atoms with Gasteiger partial charge in [0, 0.05) is 80.1 Å². The first kappa shape index (κ1) is 27.4. The number of aliphatic imine (C=N–C) groups is 1. The molecule has 1 unspecified atom stereocenters. The van der Waals surface area contributed by atoms with E-state index < -0.39 is 5.66 Å². The van der Waals surface area contributed by atoms with E-state index in [2.05, 4.69) is 54.7 Å². The van der Waals surface area contributed by atoms with E-state index in [0.717, 1.165) is 48.7 Å². The van der Waals surface area contributed by atoms with Gasteiger partial charge in [-0.3, -0.25) is 9.67 Å². The number of nitrogens with zero attached hydrogens (tertiary/aromatic N) is 6. The van der Waals surface area contributed by atoms with E-state index in [0.29, 0.717) is 28.4 Å². The highest BCUT2D eigenvalue weighted by Crippen LogP contribution is 2.40. The summed E-state index contributed by atoms with van der Waals surface area (Å²) >= 11 is 0. The highest BCUT2D eigenvalue weighted by molar-refractivity contribution is 5.85. The van der Waals surface area contributed by atoms with Crippen LogP contribution in [0.5, 0.6) is 5.75 Å². The summed E-state index contributed by atoms with van der Waals surface area (Å²) in [5.41, 5.74) is 11.2. The van der Waals surface area contributed by atoms with Crippen LogP contribution in [0.15, 0.2) is 84.0 Å². The molecule has 1 fully saturated rings. The SMILES string of the molecule is COc1cc(N2CCN(C)CC2)c(-c2cnn(C)c2)cc1NC1=CC(N)(c2ccnc(-c3ccccc3F)c2)NC=N1. The largest absolute Gasteiger partial charge is 0.494 e. The summed E-state index contributed by atoms with van der Waals surface area (Å²) in [6, 6.07) is 14.3. The lowest BCUT2D eigenvalue weighted by Crippen LogP contribution is -2.50. The number of methoxy groups -OCH3 is 1. The fourth-order valence-electron chi connectivity index (χ4n) is 5.32. The zero-order valence-corrected chi connectivity index (χ0v) is 23.9. The lowest BCUT2D eigenvalue weighted by molar-refractivity contribution is 0.313. The maximum atomic E-state index is 14.5. The summed E-state index contributed by atoms with van der Waals surface area (Å²) in [7, 11) is 5.71. The second-order valence-electron chi connectivity index (χ2n) is 10.6. The number of pyridine rings is 1. The minimum atomic E-state index is -1.12. The summed E-state index contributed by atoms with van der Waals surface area (Å²) in [6.07, 6.45) is 8.85. The zero-order chi connectivity index (χ0) is 29.3. The van der Waals surface area contributed by atoms with Gasteiger partial charge in [0.05, 0.1) is 31.0 Å². The fourth-order valence-corrected chi connectivity index (χ4v) is 5.32. The molecule has 6 rings (SSSR count). The van der Waals surface area contributed by atoms with Crippen molar-refractivity contribution in [2.75, 3.05) is 50.6 Å². The van der Waals surface area contributed by atoms with Crippen molar-refractivity contribution in [2.24, 2.45) is 17.8 Å². The van der Waals surface area contributed by atoms with Crippen LogP contribution in [0.3, 0.4) is 0 Å². The third-order valence-corrected chi connectivity index (χ3v) is 7.70. The lowest BCUT2D eigenvalue weighted by Gasteiger charge is -2.35. The van der Waals surface area contributed by atoms with Gasteiger partial charge in [0.25, 0.3) is 0 Å². The van der Waals surface area contributed by atoms with Gasteiger partial charge in [-0.05, 0) is 42.9 Å². The van der Waals surface area contributed by atoms with Gasteiger partial charge in [-0.25, -0.2) is 9.38 Å². The average Bonchev–Trinajstić information content (AvgIpc) is 3.44. The monoisotopic (exact) mass is 567 g/mol. The number of hydrogen-bond donors (Lipinski definition) is 3. The molecular formula is C31H34FN9O. The van der Waals surface area contributed by atoms with Crippen LogP contribution in [-0.2, 0) is 12.7 Å². The number of ether oxygens (including phenoxy) is 1. The Bertz CT molecular complexity index is 1660. The lowest BCUT2D eigenvalue weighted by atomic mass is 9.97. The van der Waals surface area contributed by atoms with Crippen molar-refractivity contribution in [2.45, 2.75) is 5.66 Å². The predicted octanol–water partition coefficient (Wildman–Crippen LogP) is 3.75. The van der Waals surface area contributed by atoms with Crippen LogP contribution in [0.1, 0.15) is 5.56 Å². The van der Waals surface area contributed by atoms with E-state index in [4.69, 9.17) is 10.5 Å². The molecule has 1 atom stereocenters. The van der Waals surface area contributed by atoms with E-state index in [1.807, 2.05) is 19.4 Å². The highest BCUT2D eigenvalue weighted by atomic mass is 19.1. The van der Waals surface area contributed by atoms with E-state index in [1.165, 1.54) is 6.07 Å². The Hall–Kier alpha value is -4.74. The van der Waals surface area contributed by atoms with E-state index in [9.17, 15) is 4.39 Å². The molecule has 11 heteroatoms. The third-order valence-electron chi connectivity index (χ3n) is 7.70. The molecule has 2 aliphatic heterocycles. The van der Waals surface area contributed by atoms with Gasteiger partial charge < -0.3 is 30.9 Å². The van der Waals surface area contributed by atoms with Crippen molar-refractivity contribution >= 4 is 17.7 Å². The number of hydrogen-bond acceptors (Lipinski definition) is 9. The molecule has 0 amide bonds.